The van der Waals surface area contributed by atoms with Crippen molar-refractivity contribution < 1.29 is 0 Å². The molecule has 20 heavy (non-hydrogen) atoms. The molecule has 3 rings (SSSR count). The molecule has 0 unspecified atom stereocenters. The Hall–Kier alpha value is -1.40. The van der Waals surface area contributed by atoms with E-state index in [1.165, 1.54) is 12.8 Å². The first kappa shape index (κ1) is 13.6. The molecule has 0 aromatic carbocycles. The second-order valence-electron chi connectivity index (χ2n) is 5.29. The van der Waals surface area contributed by atoms with Gasteiger partial charge in [0.15, 0.2) is 0 Å². The van der Waals surface area contributed by atoms with Crippen LogP contribution in [0, 0.1) is 0 Å². The highest BCUT2D eigenvalue weighted by molar-refractivity contribution is 7.16. The highest BCUT2D eigenvalue weighted by Gasteiger charge is 2.18. The third kappa shape index (κ3) is 2.86. The maximum atomic E-state index is 4.64. The summed E-state index contributed by atoms with van der Waals surface area (Å²) in [6.07, 6.45) is 2.34. The fourth-order valence-corrected chi connectivity index (χ4v) is 3.31. The number of nitrogens with zero attached hydrogens (tertiary/aromatic N) is 3. The van der Waals surface area contributed by atoms with Gasteiger partial charge in [-0.1, -0.05) is 0 Å². The van der Waals surface area contributed by atoms with Gasteiger partial charge in [-0.2, -0.15) is 4.98 Å². The van der Waals surface area contributed by atoms with Gasteiger partial charge in [0.1, 0.15) is 10.6 Å². The van der Waals surface area contributed by atoms with Crippen molar-refractivity contribution in [2.45, 2.75) is 25.8 Å². The Kier molecular flexibility index (Phi) is 4.03. The van der Waals surface area contributed by atoms with Crippen molar-refractivity contribution in [3.8, 4) is 0 Å². The Morgan fingerprint density at radius 2 is 2.15 bits per heavy atom. The minimum absolute atomic E-state index is 0.513. The van der Waals surface area contributed by atoms with Crippen LogP contribution in [0.2, 0.25) is 0 Å². The molecule has 0 aliphatic carbocycles. The molecule has 108 valence electrons. The van der Waals surface area contributed by atoms with Crippen LogP contribution in [0.3, 0.4) is 0 Å². The van der Waals surface area contributed by atoms with Crippen molar-refractivity contribution in [1.29, 1.82) is 0 Å². The van der Waals surface area contributed by atoms with Crippen molar-refractivity contribution in [3.05, 3.63) is 11.4 Å². The number of thiophene rings is 1. The molecule has 3 heterocycles. The van der Waals surface area contributed by atoms with Crippen molar-refractivity contribution in [2.75, 3.05) is 37.3 Å². The van der Waals surface area contributed by atoms with Crippen LogP contribution in [0.5, 0.6) is 0 Å². The fraction of sp³-hybridized carbons (Fsp3) is 0.571. The number of piperidine rings is 1. The summed E-state index contributed by atoms with van der Waals surface area (Å²) in [5, 5.41) is 10.0. The van der Waals surface area contributed by atoms with Crippen LogP contribution >= 0.6 is 11.3 Å². The Balaban J connectivity index is 1.83. The molecule has 0 saturated carbocycles. The quantitative estimate of drug-likeness (QED) is 0.907. The second-order valence-corrected chi connectivity index (χ2v) is 6.18. The first-order valence-corrected chi connectivity index (χ1v) is 8.08. The molecule has 0 spiro atoms. The number of hydrogen-bond acceptors (Lipinski definition) is 6. The van der Waals surface area contributed by atoms with Crippen LogP contribution < -0.4 is 10.6 Å². The van der Waals surface area contributed by atoms with E-state index in [1.54, 1.807) is 11.3 Å². The van der Waals surface area contributed by atoms with Crippen molar-refractivity contribution in [1.82, 2.24) is 14.9 Å². The lowest BCUT2D eigenvalue weighted by Gasteiger charge is -2.30. The zero-order chi connectivity index (χ0) is 13.9. The first-order chi connectivity index (χ1) is 9.76. The van der Waals surface area contributed by atoms with Crippen LogP contribution in [-0.2, 0) is 0 Å². The van der Waals surface area contributed by atoms with Crippen LogP contribution in [0.1, 0.15) is 19.8 Å². The Morgan fingerprint density at radius 3 is 2.90 bits per heavy atom. The van der Waals surface area contributed by atoms with E-state index in [9.17, 15) is 0 Å². The highest BCUT2D eigenvalue weighted by atomic mass is 32.1. The molecule has 2 N–H and O–H groups in total. The summed E-state index contributed by atoms with van der Waals surface area (Å²) in [6.45, 7) is 5.20. The third-order valence-electron chi connectivity index (χ3n) is 3.72. The Labute approximate surface area is 123 Å². The van der Waals surface area contributed by atoms with E-state index >= 15 is 0 Å². The van der Waals surface area contributed by atoms with E-state index in [0.29, 0.717) is 6.04 Å². The van der Waals surface area contributed by atoms with Gasteiger partial charge in [0.2, 0.25) is 5.95 Å². The number of rotatable bonds is 4. The maximum absolute atomic E-state index is 4.64. The smallest absolute Gasteiger partial charge is 0.226 e. The van der Waals surface area contributed by atoms with E-state index in [2.05, 4.69) is 50.9 Å². The Bertz CT molecular complexity index is 574. The average molecular weight is 291 g/mol. The van der Waals surface area contributed by atoms with Gasteiger partial charge in [-0.05, 0) is 51.3 Å². The summed E-state index contributed by atoms with van der Waals surface area (Å²) >= 11 is 1.66. The molecule has 1 aliphatic rings. The summed E-state index contributed by atoms with van der Waals surface area (Å²) < 4.78 is 0. The predicted octanol–water partition coefficient (Wildman–Crippen LogP) is 2.63. The zero-order valence-corrected chi connectivity index (χ0v) is 12.8. The highest BCUT2D eigenvalue weighted by Crippen LogP contribution is 2.28. The molecule has 0 amide bonds. The molecule has 0 bridgehead atoms. The Morgan fingerprint density at radius 1 is 1.35 bits per heavy atom. The number of nitrogens with one attached hydrogen (secondary N) is 2. The molecule has 1 aliphatic heterocycles. The lowest BCUT2D eigenvalue weighted by molar-refractivity contribution is 0.264. The summed E-state index contributed by atoms with van der Waals surface area (Å²) in [7, 11) is 2.18. The zero-order valence-electron chi connectivity index (χ0n) is 12.0. The molecular weight excluding hydrogens is 270 g/mol. The molecule has 6 heteroatoms. The van der Waals surface area contributed by atoms with E-state index in [0.717, 1.165) is 41.6 Å². The van der Waals surface area contributed by atoms with E-state index < -0.39 is 0 Å². The first-order valence-electron chi connectivity index (χ1n) is 7.20. The molecule has 5 nitrogen and oxygen atoms in total. The number of anilines is 2. The molecule has 0 radical (unpaired) electrons. The van der Waals surface area contributed by atoms with Gasteiger partial charge in [0.25, 0.3) is 0 Å². The summed E-state index contributed by atoms with van der Waals surface area (Å²) in [4.78, 5) is 12.6. The van der Waals surface area contributed by atoms with Crippen molar-refractivity contribution in [2.24, 2.45) is 0 Å². The van der Waals surface area contributed by atoms with Gasteiger partial charge in [0, 0.05) is 12.6 Å². The van der Waals surface area contributed by atoms with Gasteiger partial charge in [-0.25, -0.2) is 4.98 Å². The van der Waals surface area contributed by atoms with Crippen molar-refractivity contribution >= 4 is 33.3 Å². The average Bonchev–Trinajstić information content (AvgIpc) is 2.90. The monoisotopic (exact) mass is 291 g/mol. The third-order valence-corrected chi connectivity index (χ3v) is 4.53. The maximum Gasteiger partial charge on any atom is 0.226 e. The number of hydrogen-bond donors (Lipinski definition) is 2. The van der Waals surface area contributed by atoms with Gasteiger partial charge in [0.05, 0.1) is 5.39 Å². The van der Waals surface area contributed by atoms with Crippen molar-refractivity contribution in [3.63, 3.8) is 0 Å². The molecule has 0 atom stereocenters. The lowest BCUT2D eigenvalue weighted by atomic mass is 10.1. The number of fused-ring (bicyclic) bond motifs is 1. The predicted molar refractivity (Wildman–Crippen MR) is 85.7 cm³/mol. The second kappa shape index (κ2) is 5.93. The van der Waals surface area contributed by atoms with Crippen LogP contribution in [-0.4, -0.2) is 47.6 Å². The SMILES string of the molecule is CCNc1nc(NC2CCN(C)CC2)c2ccsc2n1. The van der Waals surface area contributed by atoms with Gasteiger partial charge < -0.3 is 15.5 Å². The molecule has 2 aromatic heterocycles. The summed E-state index contributed by atoms with van der Waals surface area (Å²) in [5.74, 6) is 1.69. The molecule has 2 aromatic rings. The van der Waals surface area contributed by atoms with E-state index in [1.807, 2.05) is 0 Å². The minimum Gasteiger partial charge on any atom is -0.367 e. The normalized spacial score (nSPS) is 17.5. The van der Waals surface area contributed by atoms with Crippen LogP contribution in [0.25, 0.3) is 10.2 Å². The van der Waals surface area contributed by atoms with Gasteiger partial charge in [-0.15, -0.1) is 11.3 Å². The van der Waals surface area contributed by atoms with Gasteiger partial charge in [-0.3, -0.25) is 0 Å². The molecule has 1 saturated heterocycles. The molecule has 1 fully saturated rings. The van der Waals surface area contributed by atoms with Crippen LogP contribution in [0.4, 0.5) is 11.8 Å². The standard InChI is InChI=1S/C14H21N5S/c1-3-15-14-17-12(11-6-9-20-13(11)18-14)16-10-4-7-19(2)8-5-10/h6,9-10H,3-5,7-8H2,1-2H3,(H2,15,16,17,18). The summed E-state index contributed by atoms with van der Waals surface area (Å²) in [6, 6.07) is 2.62. The topological polar surface area (TPSA) is 53.1 Å². The van der Waals surface area contributed by atoms with E-state index in [-0.39, 0.29) is 0 Å². The summed E-state index contributed by atoms with van der Waals surface area (Å²) in [5.41, 5.74) is 0. The largest absolute Gasteiger partial charge is 0.367 e. The number of likely N-dealkylation sites (tertiary alicyclic amines) is 1. The lowest BCUT2D eigenvalue weighted by Crippen LogP contribution is -2.36. The van der Waals surface area contributed by atoms with E-state index in [4.69, 9.17) is 0 Å². The minimum atomic E-state index is 0.513. The van der Waals surface area contributed by atoms with Gasteiger partial charge >= 0.3 is 0 Å². The molecular formula is C14H21N5S. The fourth-order valence-electron chi connectivity index (χ4n) is 2.55. The number of aromatic nitrogens is 2. The van der Waals surface area contributed by atoms with Crippen LogP contribution in [0.15, 0.2) is 11.4 Å².